The van der Waals surface area contributed by atoms with Crippen LogP contribution in [0.2, 0.25) is 5.02 Å². The van der Waals surface area contributed by atoms with Crippen molar-refractivity contribution in [2.75, 3.05) is 12.0 Å². The van der Waals surface area contributed by atoms with E-state index in [4.69, 9.17) is 21.6 Å². The molecule has 2 rings (SSSR count). The lowest BCUT2D eigenvalue weighted by Crippen LogP contribution is -2.29. The Bertz CT molecular complexity index is 665. The summed E-state index contributed by atoms with van der Waals surface area (Å²) in [5, 5.41) is 13.2. The molecule has 108 valence electrons. The fourth-order valence-corrected chi connectivity index (χ4v) is 2.72. The average Bonchev–Trinajstić information content (AvgIpc) is 2.99. The number of anilines is 1. The highest BCUT2D eigenvalue weighted by Crippen LogP contribution is 2.30. The summed E-state index contributed by atoms with van der Waals surface area (Å²) in [5.74, 6) is 0.238. The lowest BCUT2D eigenvalue weighted by atomic mass is 10.2. The molecule has 0 radical (unpaired) electrons. The second kappa shape index (κ2) is 7.11. The van der Waals surface area contributed by atoms with Gasteiger partial charge in [0.2, 0.25) is 5.91 Å². The van der Waals surface area contributed by atoms with E-state index in [0.29, 0.717) is 23.0 Å². The molecule has 0 saturated carbocycles. The number of ether oxygens (including phenoxy) is 1. The van der Waals surface area contributed by atoms with E-state index in [2.05, 4.69) is 0 Å². The van der Waals surface area contributed by atoms with Gasteiger partial charge in [0.05, 0.1) is 24.7 Å². The minimum absolute atomic E-state index is 0.172. The van der Waals surface area contributed by atoms with Gasteiger partial charge in [-0.25, -0.2) is 0 Å². The molecule has 1 aromatic heterocycles. The molecule has 21 heavy (non-hydrogen) atoms. The summed E-state index contributed by atoms with van der Waals surface area (Å²) in [4.78, 5) is 13.7. The Balaban J connectivity index is 2.34. The van der Waals surface area contributed by atoms with Crippen LogP contribution in [0.1, 0.15) is 12.0 Å². The van der Waals surface area contributed by atoms with Gasteiger partial charge >= 0.3 is 0 Å². The van der Waals surface area contributed by atoms with Gasteiger partial charge in [0.25, 0.3) is 0 Å². The second-order valence-corrected chi connectivity index (χ2v) is 5.45. The highest BCUT2D eigenvalue weighted by molar-refractivity contribution is 7.07. The third-order valence-corrected chi connectivity index (χ3v) is 3.94. The van der Waals surface area contributed by atoms with Crippen LogP contribution in [0.5, 0.6) is 5.75 Å². The van der Waals surface area contributed by atoms with Crippen molar-refractivity contribution in [1.82, 2.24) is 0 Å². The predicted octanol–water partition coefficient (Wildman–Crippen LogP) is 3.86. The molecular weight excluding hydrogens is 308 g/mol. The highest BCUT2D eigenvalue weighted by Gasteiger charge is 2.17. The molecule has 0 fully saturated rings. The van der Waals surface area contributed by atoms with Gasteiger partial charge in [-0.2, -0.15) is 16.6 Å². The Kier molecular flexibility index (Phi) is 5.20. The van der Waals surface area contributed by atoms with E-state index in [-0.39, 0.29) is 12.3 Å². The number of rotatable bonds is 5. The Morgan fingerprint density at radius 2 is 2.29 bits per heavy atom. The SMILES string of the molecule is COc1cc(N(Cc2ccsc2)C(=O)CC#N)ccc1Cl. The van der Waals surface area contributed by atoms with Gasteiger partial charge in [-0.15, -0.1) is 0 Å². The third kappa shape index (κ3) is 3.75. The molecular formula is C15H13ClN2O2S. The topological polar surface area (TPSA) is 53.3 Å². The van der Waals surface area contributed by atoms with E-state index in [0.717, 1.165) is 5.56 Å². The average molecular weight is 321 g/mol. The van der Waals surface area contributed by atoms with Crippen molar-refractivity contribution in [3.8, 4) is 11.8 Å². The van der Waals surface area contributed by atoms with Crippen LogP contribution in [0.15, 0.2) is 35.0 Å². The van der Waals surface area contributed by atoms with Gasteiger partial charge in [0.1, 0.15) is 12.2 Å². The quantitative estimate of drug-likeness (QED) is 0.840. The van der Waals surface area contributed by atoms with Crippen LogP contribution in [0, 0.1) is 11.3 Å². The van der Waals surface area contributed by atoms with Gasteiger partial charge in [-0.05, 0) is 34.5 Å². The second-order valence-electron chi connectivity index (χ2n) is 4.27. The summed E-state index contributed by atoms with van der Waals surface area (Å²) in [5.41, 5.74) is 1.67. The minimum Gasteiger partial charge on any atom is -0.495 e. The molecule has 1 amide bonds. The van der Waals surface area contributed by atoms with Crippen molar-refractivity contribution < 1.29 is 9.53 Å². The number of nitriles is 1. The van der Waals surface area contributed by atoms with Crippen molar-refractivity contribution in [1.29, 1.82) is 5.26 Å². The standard InChI is InChI=1S/C15H13ClN2O2S/c1-20-14-8-12(2-3-13(14)16)18(15(19)4-6-17)9-11-5-7-21-10-11/h2-3,5,7-8,10H,4,9H2,1H3. The summed E-state index contributed by atoms with van der Waals surface area (Å²) < 4.78 is 5.18. The van der Waals surface area contributed by atoms with E-state index in [1.165, 1.54) is 7.11 Å². The van der Waals surface area contributed by atoms with E-state index in [1.807, 2.05) is 22.9 Å². The summed E-state index contributed by atoms with van der Waals surface area (Å²) >= 11 is 7.57. The van der Waals surface area contributed by atoms with Gasteiger partial charge in [0, 0.05) is 11.8 Å². The molecule has 4 nitrogen and oxygen atoms in total. The first-order valence-electron chi connectivity index (χ1n) is 6.17. The summed E-state index contributed by atoms with van der Waals surface area (Å²) in [6.07, 6.45) is -0.172. The fraction of sp³-hybridized carbons (Fsp3) is 0.200. The molecule has 6 heteroatoms. The van der Waals surface area contributed by atoms with E-state index >= 15 is 0 Å². The van der Waals surface area contributed by atoms with E-state index in [9.17, 15) is 4.79 Å². The molecule has 0 aliphatic heterocycles. The van der Waals surface area contributed by atoms with E-state index in [1.54, 1.807) is 34.4 Å². The normalized spacial score (nSPS) is 9.95. The predicted molar refractivity (Wildman–Crippen MR) is 83.7 cm³/mol. The number of hydrogen-bond donors (Lipinski definition) is 0. The maximum atomic E-state index is 12.2. The zero-order valence-corrected chi connectivity index (χ0v) is 12.9. The molecule has 0 unspecified atom stereocenters. The van der Waals surface area contributed by atoms with Crippen molar-refractivity contribution in [3.05, 3.63) is 45.6 Å². The lowest BCUT2D eigenvalue weighted by molar-refractivity contribution is -0.117. The Morgan fingerprint density at radius 1 is 1.48 bits per heavy atom. The minimum atomic E-state index is -0.256. The highest BCUT2D eigenvalue weighted by atomic mass is 35.5. The largest absolute Gasteiger partial charge is 0.495 e. The Morgan fingerprint density at radius 3 is 2.90 bits per heavy atom. The zero-order valence-electron chi connectivity index (χ0n) is 11.4. The number of benzene rings is 1. The van der Waals surface area contributed by atoms with Crippen molar-refractivity contribution >= 4 is 34.5 Å². The van der Waals surface area contributed by atoms with Crippen molar-refractivity contribution in [2.24, 2.45) is 0 Å². The number of halogens is 1. The first-order chi connectivity index (χ1) is 10.2. The molecule has 0 saturated heterocycles. The van der Waals surface area contributed by atoms with E-state index < -0.39 is 0 Å². The molecule has 0 aliphatic rings. The molecule has 0 bridgehead atoms. The van der Waals surface area contributed by atoms with Crippen molar-refractivity contribution in [3.63, 3.8) is 0 Å². The number of thiophene rings is 1. The fourth-order valence-electron chi connectivity index (χ4n) is 1.87. The van der Waals surface area contributed by atoms with Gasteiger partial charge < -0.3 is 9.64 Å². The number of hydrogen-bond acceptors (Lipinski definition) is 4. The zero-order chi connectivity index (χ0) is 15.2. The number of carbonyl (C=O) groups excluding carboxylic acids is 1. The number of methoxy groups -OCH3 is 1. The monoisotopic (exact) mass is 320 g/mol. The van der Waals surface area contributed by atoms with Crippen LogP contribution in [-0.4, -0.2) is 13.0 Å². The molecule has 1 aromatic carbocycles. The number of nitrogens with zero attached hydrogens (tertiary/aromatic N) is 2. The van der Waals surface area contributed by atoms with Crippen LogP contribution >= 0.6 is 22.9 Å². The van der Waals surface area contributed by atoms with Crippen molar-refractivity contribution in [2.45, 2.75) is 13.0 Å². The van der Waals surface area contributed by atoms with Gasteiger partial charge in [0.15, 0.2) is 0 Å². The first kappa shape index (κ1) is 15.4. The van der Waals surface area contributed by atoms with Crippen LogP contribution in [0.25, 0.3) is 0 Å². The third-order valence-electron chi connectivity index (χ3n) is 2.90. The molecule has 0 aliphatic carbocycles. The van der Waals surface area contributed by atoms with Gasteiger partial charge in [-0.1, -0.05) is 11.6 Å². The van der Waals surface area contributed by atoms with Crippen LogP contribution in [0.3, 0.4) is 0 Å². The first-order valence-corrected chi connectivity index (χ1v) is 7.49. The summed E-state index contributed by atoms with van der Waals surface area (Å²) in [7, 11) is 1.52. The number of amides is 1. The lowest BCUT2D eigenvalue weighted by Gasteiger charge is -2.22. The smallest absolute Gasteiger partial charge is 0.241 e. The van der Waals surface area contributed by atoms with Gasteiger partial charge in [-0.3, -0.25) is 4.79 Å². The van der Waals surface area contributed by atoms with Crippen LogP contribution in [-0.2, 0) is 11.3 Å². The molecule has 0 spiro atoms. The molecule has 0 atom stereocenters. The number of carbonyl (C=O) groups is 1. The summed E-state index contributed by atoms with van der Waals surface area (Å²) in [6, 6.07) is 8.96. The maximum Gasteiger partial charge on any atom is 0.241 e. The Labute approximate surface area is 132 Å². The van der Waals surface area contributed by atoms with Crippen LogP contribution in [0.4, 0.5) is 5.69 Å². The molecule has 1 heterocycles. The molecule has 0 N–H and O–H groups in total. The molecule has 2 aromatic rings. The summed E-state index contributed by atoms with van der Waals surface area (Å²) in [6.45, 7) is 0.412. The maximum absolute atomic E-state index is 12.2. The van der Waals surface area contributed by atoms with Crippen LogP contribution < -0.4 is 9.64 Å². The Hall–Kier alpha value is -2.03.